The van der Waals surface area contributed by atoms with Crippen molar-refractivity contribution in [3.8, 4) is 0 Å². The molecule has 0 bridgehead atoms. The molecule has 2 aromatic heterocycles. The molecule has 2 aromatic carbocycles. The number of amides is 1. The van der Waals surface area contributed by atoms with Crippen LogP contribution in [0.1, 0.15) is 47.2 Å². The summed E-state index contributed by atoms with van der Waals surface area (Å²) in [6.45, 7) is 8.44. The molecule has 7 heteroatoms. The van der Waals surface area contributed by atoms with E-state index in [1.165, 1.54) is 11.3 Å². The zero-order valence-electron chi connectivity index (χ0n) is 17.4. The number of aryl methyl sites for hydroxylation is 2. The number of fused-ring (bicyclic) bond motifs is 1. The maximum Gasteiger partial charge on any atom is 0.280 e. The van der Waals surface area contributed by atoms with E-state index in [1.54, 1.807) is 4.90 Å². The topological polar surface area (TPSA) is 51.0 Å². The van der Waals surface area contributed by atoms with Crippen LogP contribution in [-0.4, -0.2) is 20.7 Å². The second-order valence-electron chi connectivity index (χ2n) is 7.60. The van der Waals surface area contributed by atoms with E-state index in [1.807, 2.05) is 67.1 Å². The van der Waals surface area contributed by atoms with Crippen molar-refractivity contribution in [2.45, 2.75) is 40.3 Å². The quantitative estimate of drug-likeness (QED) is 0.373. The standard InChI is InChI=1S/C23H23ClN4OS/c1-14(2)28-15(3)12-19(26-28)22(29)27(13-17-8-6-5-7-9-17)23-25-21-16(4)18(24)10-11-20(21)30-23/h5-12,14H,13H2,1-4H3. The number of nitrogens with zero attached hydrogens (tertiary/aromatic N) is 4. The molecule has 0 fully saturated rings. The molecule has 0 atom stereocenters. The Morgan fingerprint density at radius 3 is 2.57 bits per heavy atom. The molecule has 4 aromatic rings. The van der Waals surface area contributed by atoms with Crippen LogP contribution >= 0.6 is 22.9 Å². The average Bonchev–Trinajstić information content (AvgIpc) is 3.33. The average molecular weight is 439 g/mol. The van der Waals surface area contributed by atoms with Gasteiger partial charge in [0.2, 0.25) is 0 Å². The zero-order valence-corrected chi connectivity index (χ0v) is 19.0. The SMILES string of the molecule is Cc1c(Cl)ccc2sc(N(Cc3ccccc3)C(=O)c3cc(C)n(C(C)C)n3)nc12. The van der Waals surface area contributed by atoms with Crippen LogP contribution in [-0.2, 0) is 6.54 Å². The number of thiazole rings is 1. The lowest BCUT2D eigenvalue weighted by Gasteiger charge is -2.19. The molecular weight excluding hydrogens is 416 g/mol. The van der Waals surface area contributed by atoms with Gasteiger partial charge < -0.3 is 0 Å². The molecule has 154 valence electrons. The molecule has 5 nitrogen and oxygen atoms in total. The molecule has 0 spiro atoms. The second-order valence-corrected chi connectivity index (χ2v) is 9.02. The molecule has 0 saturated heterocycles. The number of benzene rings is 2. The summed E-state index contributed by atoms with van der Waals surface area (Å²) in [7, 11) is 0. The van der Waals surface area contributed by atoms with E-state index in [-0.39, 0.29) is 11.9 Å². The predicted octanol–water partition coefficient (Wildman–Crippen LogP) is 6.19. The Morgan fingerprint density at radius 1 is 1.17 bits per heavy atom. The fourth-order valence-corrected chi connectivity index (χ4v) is 4.63. The molecule has 0 radical (unpaired) electrons. The van der Waals surface area contributed by atoms with Gasteiger partial charge in [0, 0.05) is 16.8 Å². The molecule has 0 unspecified atom stereocenters. The monoisotopic (exact) mass is 438 g/mol. The highest BCUT2D eigenvalue weighted by Crippen LogP contribution is 2.34. The maximum atomic E-state index is 13.6. The first-order valence-corrected chi connectivity index (χ1v) is 11.0. The van der Waals surface area contributed by atoms with Gasteiger partial charge in [0.15, 0.2) is 10.8 Å². The van der Waals surface area contributed by atoms with Crippen LogP contribution in [0.5, 0.6) is 0 Å². The Kier molecular flexibility index (Phi) is 5.62. The highest BCUT2D eigenvalue weighted by Gasteiger charge is 2.25. The van der Waals surface area contributed by atoms with Gasteiger partial charge >= 0.3 is 0 Å². The summed E-state index contributed by atoms with van der Waals surface area (Å²) in [5.41, 5.74) is 4.16. The van der Waals surface area contributed by atoms with Crippen LogP contribution in [0.15, 0.2) is 48.5 Å². The van der Waals surface area contributed by atoms with Crippen LogP contribution in [0.2, 0.25) is 5.02 Å². The van der Waals surface area contributed by atoms with Gasteiger partial charge in [-0.2, -0.15) is 5.10 Å². The van der Waals surface area contributed by atoms with E-state index in [0.717, 1.165) is 27.0 Å². The number of aromatic nitrogens is 3. The Labute approximate surface area is 184 Å². The molecule has 4 rings (SSSR count). The van der Waals surface area contributed by atoms with Crippen LogP contribution in [0.3, 0.4) is 0 Å². The fraction of sp³-hybridized carbons (Fsp3) is 0.261. The normalized spacial score (nSPS) is 11.4. The van der Waals surface area contributed by atoms with Gasteiger partial charge in [-0.15, -0.1) is 0 Å². The first kappa shape index (κ1) is 20.6. The predicted molar refractivity (Wildman–Crippen MR) is 124 cm³/mol. The molecule has 1 amide bonds. The van der Waals surface area contributed by atoms with E-state index in [4.69, 9.17) is 16.6 Å². The third kappa shape index (κ3) is 3.85. The summed E-state index contributed by atoms with van der Waals surface area (Å²) in [6, 6.07) is 15.8. The van der Waals surface area contributed by atoms with Gasteiger partial charge in [-0.3, -0.25) is 14.4 Å². The highest BCUT2D eigenvalue weighted by molar-refractivity contribution is 7.22. The molecule has 0 aliphatic carbocycles. The van der Waals surface area contributed by atoms with Crippen LogP contribution in [0.25, 0.3) is 10.2 Å². The molecule has 0 aliphatic rings. The van der Waals surface area contributed by atoms with Gasteiger partial charge in [0.05, 0.1) is 16.8 Å². The molecule has 30 heavy (non-hydrogen) atoms. The first-order chi connectivity index (χ1) is 14.3. The number of carbonyl (C=O) groups is 1. The summed E-state index contributed by atoms with van der Waals surface area (Å²) >= 11 is 7.77. The fourth-order valence-electron chi connectivity index (χ4n) is 3.45. The number of hydrogen-bond acceptors (Lipinski definition) is 4. The van der Waals surface area contributed by atoms with Crippen LogP contribution < -0.4 is 4.90 Å². The lowest BCUT2D eigenvalue weighted by molar-refractivity contribution is 0.0979. The lowest BCUT2D eigenvalue weighted by atomic mass is 10.2. The first-order valence-electron chi connectivity index (χ1n) is 9.82. The Bertz CT molecular complexity index is 1210. The Balaban J connectivity index is 1.79. The van der Waals surface area contributed by atoms with Crippen LogP contribution in [0.4, 0.5) is 5.13 Å². The van der Waals surface area contributed by atoms with E-state index in [0.29, 0.717) is 22.4 Å². The Morgan fingerprint density at radius 2 is 1.90 bits per heavy atom. The highest BCUT2D eigenvalue weighted by atomic mass is 35.5. The summed E-state index contributed by atoms with van der Waals surface area (Å²) in [6.07, 6.45) is 0. The summed E-state index contributed by atoms with van der Waals surface area (Å²) in [5.74, 6) is -0.163. The molecule has 0 saturated carbocycles. The van der Waals surface area contributed by atoms with Gasteiger partial charge in [-0.25, -0.2) is 4.98 Å². The molecular formula is C23H23ClN4OS. The van der Waals surface area contributed by atoms with Gasteiger partial charge in [-0.1, -0.05) is 53.3 Å². The van der Waals surface area contributed by atoms with Crippen molar-refractivity contribution in [3.05, 3.63) is 76.1 Å². The molecule has 0 N–H and O–H groups in total. The van der Waals surface area contributed by atoms with Crippen molar-refractivity contribution in [2.24, 2.45) is 0 Å². The minimum atomic E-state index is -0.163. The number of carbonyl (C=O) groups excluding carboxylic acids is 1. The smallest absolute Gasteiger partial charge is 0.278 e. The van der Waals surface area contributed by atoms with E-state index in [2.05, 4.69) is 18.9 Å². The zero-order chi connectivity index (χ0) is 21.4. The van der Waals surface area contributed by atoms with Gasteiger partial charge in [-0.05, 0) is 57.0 Å². The van der Waals surface area contributed by atoms with Crippen molar-refractivity contribution in [2.75, 3.05) is 4.90 Å². The van der Waals surface area contributed by atoms with E-state index >= 15 is 0 Å². The minimum absolute atomic E-state index is 0.163. The van der Waals surface area contributed by atoms with E-state index in [9.17, 15) is 4.79 Å². The summed E-state index contributed by atoms with van der Waals surface area (Å²) in [5, 5.41) is 5.88. The van der Waals surface area contributed by atoms with Gasteiger partial charge in [0.1, 0.15) is 0 Å². The minimum Gasteiger partial charge on any atom is -0.278 e. The van der Waals surface area contributed by atoms with E-state index < -0.39 is 0 Å². The third-order valence-corrected chi connectivity index (χ3v) is 6.48. The van der Waals surface area contributed by atoms with Crippen molar-refractivity contribution in [1.82, 2.24) is 14.8 Å². The van der Waals surface area contributed by atoms with Crippen LogP contribution in [0, 0.1) is 13.8 Å². The summed E-state index contributed by atoms with van der Waals surface area (Å²) in [4.78, 5) is 20.1. The van der Waals surface area contributed by atoms with Crippen molar-refractivity contribution >= 4 is 44.2 Å². The summed E-state index contributed by atoms with van der Waals surface area (Å²) < 4.78 is 2.87. The Hall–Kier alpha value is -2.70. The van der Waals surface area contributed by atoms with Crippen molar-refractivity contribution in [1.29, 1.82) is 0 Å². The largest absolute Gasteiger partial charge is 0.280 e. The number of halogens is 1. The number of hydrogen-bond donors (Lipinski definition) is 0. The van der Waals surface area contributed by atoms with Gasteiger partial charge in [0.25, 0.3) is 5.91 Å². The maximum absolute atomic E-state index is 13.6. The van der Waals surface area contributed by atoms with Crippen molar-refractivity contribution in [3.63, 3.8) is 0 Å². The number of rotatable bonds is 5. The third-order valence-electron chi connectivity index (χ3n) is 5.03. The van der Waals surface area contributed by atoms with Crippen molar-refractivity contribution < 1.29 is 4.79 Å². The number of anilines is 1. The molecule has 2 heterocycles. The lowest BCUT2D eigenvalue weighted by Crippen LogP contribution is -2.30. The molecule has 0 aliphatic heterocycles. The second kappa shape index (κ2) is 8.20.